The van der Waals surface area contributed by atoms with E-state index in [2.05, 4.69) is 22.4 Å². The van der Waals surface area contributed by atoms with Crippen LogP contribution in [0.1, 0.15) is 36.3 Å². The Hall–Kier alpha value is -2.69. The molecule has 5 nitrogen and oxygen atoms in total. The fourth-order valence-electron chi connectivity index (χ4n) is 4.06. The third kappa shape index (κ3) is 3.34. The number of rotatable bonds is 3. The highest BCUT2D eigenvalue weighted by Crippen LogP contribution is 2.35. The van der Waals surface area contributed by atoms with Crippen LogP contribution < -0.4 is 5.32 Å². The molecule has 0 bridgehead atoms. The van der Waals surface area contributed by atoms with E-state index >= 15 is 0 Å². The molecule has 1 saturated heterocycles. The van der Waals surface area contributed by atoms with Gasteiger partial charge in [-0.25, -0.2) is 4.98 Å². The minimum Gasteiger partial charge on any atom is -0.342 e. The van der Waals surface area contributed by atoms with Gasteiger partial charge in [0, 0.05) is 25.2 Å². The van der Waals surface area contributed by atoms with Crippen molar-refractivity contribution in [1.29, 1.82) is 0 Å². The normalized spacial score (nSPS) is 19.8. The number of hydrogen-bond acceptors (Lipinski definition) is 3. The monoisotopic (exact) mass is 349 g/mol. The first-order valence-corrected chi connectivity index (χ1v) is 9.31. The molecule has 2 amide bonds. The van der Waals surface area contributed by atoms with Crippen molar-refractivity contribution >= 4 is 17.6 Å². The maximum Gasteiger partial charge on any atom is 0.230 e. The summed E-state index contributed by atoms with van der Waals surface area (Å²) in [6.45, 7) is 1.30. The number of piperidine rings is 1. The number of carbonyl (C=O) groups is 2. The highest BCUT2D eigenvalue weighted by atomic mass is 16.2. The fraction of sp³-hybridized carbons (Fsp3) is 0.381. The molecule has 4 rings (SSSR count). The molecule has 0 radical (unpaired) electrons. The van der Waals surface area contributed by atoms with Gasteiger partial charge in [0.25, 0.3) is 0 Å². The first kappa shape index (κ1) is 16.8. The number of nitrogens with one attached hydrogen (secondary N) is 1. The quantitative estimate of drug-likeness (QED) is 0.927. The number of benzene rings is 1. The highest BCUT2D eigenvalue weighted by molar-refractivity contribution is 5.92. The lowest BCUT2D eigenvalue weighted by Gasteiger charge is -2.33. The molecule has 1 aromatic heterocycles. The van der Waals surface area contributed by atoms with Crippen molar-refractivity contribution in [2.75, 3.05) is 18.4 Å². The molecule has 2 aromatic rings. The number of pyridine rings is 1. The van der Waals surface area contributed by atoms with Gasteiger partial charge in [0.2, 0.25) is 11.8 Å². The number of anilines is 1. The van der Waals surface area contributed by atoms with Gasteiger partial charge in [-0.05, 0) is 48.9 Å². The van der Waals surface area contributed by atoms with Crippen LogP contribution in [-0.2, 0) is 16.0 Å². The second kappa shape index (κ2) is 7.28. The van der Waals surface area contributed by atoms with Crippen LogP contribution in [0.5, 0.6) is 0 Å². The van der Waals surface area contributed by atoms with Gasteiger partial charge < -0.3 is 10.2 Å². The summed E-state index contributed by atoms with van der Waals surface area (Å²) in [6, 6.07) is 13.7. The highest BCUT2D eigenvalue weighted by Gasteiger charge is 2.34. The molecule has 26 heavy (non-hydrogen) atoms. The van der Waals surface area contributed by atoms with Gasteiger partial charge in [-0.3, -0.25) is 9.59 Å². The molecule has 0 saturated carbocycles. The third-order valence-corrected chi connectivity index (χ3v) is 5.52. The lowest BCUT2D eigenvalue weighted by molar-refractivity contribution is -0.135. The van der Waals surface area contributed by atoms with Crippen LogP contribution in [0.15, 0.2) is 48.7 Å². The minimum atomic E-state index is -0.0584. The molecule has 1 aliphatic carbocycles. The summed E-state index contributed by atoms with van der Waals surface area (Å²) < 4.78 is 0. The Labute approximate surface area is 153 Å². The summed E-state index contributed by atoms with van der Waals surface area (Å²) in [5.74, 6) is 0.737. The number of hydrogen-bond donors (Lipinski definition) is 1. The molecular formula is C21H23N3O2. The first-order valence-electron chi connectivity index (χ1n) is 9.31. The van der Waals surface area contributed by atoms with Crippen molar-refractivity contribution in [2.45, 2.75) is 31.6 Å². The number of carbonyl (C=O) groups excluding carboxylic acids is 2. The van der Waals surface area contributed by atoms with Crippen LogP contribution in [0, 0.1) is 5.92 Å². The summed E-state index contributed by atoms with van der Waals surface area (Å²) in [5, 5.41) is 2.87. The van der Waals surface area contributed by atoms with Crippen molar-refractivity contribution in [2.24, 2.45) is 5.92 Å². The fourth-order valence-corrected chi connectivity index (χ4v) is 4.06. The number of aryl methyl sites for hydroxylation is 1. The smallest absolute Gasteiger partial charge is 0.230 e. The van der Waals surface area contributed by atoms with E-state index < -0.39 is 0 Å². The summed E-state index contributed by atoms with van der Waals surface area (Å²) >= 11 is 0. The van der Waals surface area contributed by atoms with Crippen LogP contribution in [0.2, 0.25) is 0 Å². The van der Waals surface area contributed by atoms with E-state index in [1.807, 2.05) is 29.2 Å². The van der Waals surface area contributed by atoms with Gasteiger partial charge in [0.1, 0.15) is 5.82 Å². The van der Waals surface area contributed by atoms with Crippen molar-refractivity contribution < 1.29 is 9.59 Å². The molecule has 0 unspecified atom stereocenters. The molecule has 1 aliphatic heterocycles. The maximum atomic E-state index is 12.9. The van der Waals surface area contributed by atoms with E-state index in [0.717, 1.165) is 12.8 Å². The summed E-state index contributed by atoms with van der Waals surface area (Å²) in [6.07, 6.45) is 4.96. The van der Waals surface area contributed by atoms with Gasteiger partial charge in [0.05, 0.1) is 5.92 Å². The average Bonchev–Trinajstić information content (AvgIpc) is 3.12. The zero-order valence-corrected chi connectivity index (χ0v) is 14.7. The molecule has 0 spiro atoms. The Kier molecular flexibility index (Phi) is 4.69. The number of amides is 2. The minimum absolute atomic E-state index is 0.00186. The van der Waals surface area contributed by atoms with Crippen LogP contribution in [0.4, 0.5) is 5.82 Å². The van der Waals surface area contributed by atoms with Crippen LogP contribution in [0.25, 0.3) is 0 Å². The standard InChI is InChI=1S/C21H23N3O2/c25-20(23-19-7-3-4-12-22-19)16-10-13-24(14-11-16)21(26)18-9-8-15-5-1-2-6-17(15)18/h1-7,12,16,18H,8-11,13-14H2,(H,22,23,25)/t18-/m0/s1. The van der Waals surface area contributed by atoms with Crippen molar-refractivity contribution in [3.05, 3.63) is 59.8 Å². The second-order valence-electron chi connectivity index (χ2n) is 7.09. The van der Waals surface area contributed by atoms with Crippen molar-refractivity contribution in [1.82, 2.24) is 9.88 Å². The van der Waals surface area contributed by atoms with Crippen molar-refractivity contribution in [3.8, 4) is 0 Å². The van der Waals surface area contributed by atoms with Crippen molar-refractivity contribution in [3.63, 3.8) is 0 Å². The summed E-state index contributed by atoms with van der Waals surface area (Å²) in [5.41, 5.74) is 2.49. The predicted molar refractivity (Wildman–Crippen MR) is 99.7 cm³/mol. The Morgan fingerprint density at radius 3 is 2.54 bits per heavy atom. The molecule has 2 heterocycles. The molecule has 5 heteroatoms. The number of nitrogens with zero attached hydrogens (tertiary/aromatic N) is 2. The molecule has 1 fully saturated rings. The van der Waals surface area contributed by atoms with Gasteiger partial charge in [-0.15, -0.1) is 0 Å². The second-order valence-corrected chi connectivity index (χ2v) is 7.09. The van der Waals surface area contributed by atoms with E-state index in [0.29, 0.717) is 31.7 Å². The van der Waals surface area contributed by atoms with E-state index in [9.17, 15) is 9.59 Å². The lowest BCUT2D eigenvalue weighted by Crippen LogP contribution is -2.43. The zero-order valence-electron chi connectivity index (χ0n) is 14.7. The Balaban J connectivity index is 1.34. The van der Waals surface area contributed by atoms with Gasteiger partial charge >= 0.3 is 0 Å². The Bertz CT molecular complexity index is 798. The first-order chi connectivity index (χ1) is 12.7. The Morgan fingerprint density at radius 2 is 1.77 bits per heavy atom. The molecule has 1 atom stereocenters. The Morgan fingerprint density at radius 1 is 1.00 bits per heavy atom. The molecular weight excluding hydrogens is 326 g/mol. The number of aromatic nitrogens is 1. The van der Waals surface area contributed by atoms with Crippen LogP contribution in [0.3, 0.4) is 0 Å². The number of fused-ring (bicyclic) bond motifs is 1. The molecule has 1 N–H and O–H groups in total. The summed E-state index contributed by atoms with van der Waals surface area (Å²) in [4.78, 5) is 31.4. The largest absolute Gasteiger partial charge is 0.342 e. The third-order valence-electron chi connectivity index (χ3n) is 5.52. The van der Waals surface area contributed by atoms with Gasteiger partial charge in [0.15, 0.2) is 0 Å². The molecule has 2 aliphatic rings. The van der Waals surface area contributed by atoms with E-state index in [4.69, 9.17) is 0 Å². The van der Waals surface area contributed by atoms with Gasteiger partial charge in [-0.2, -0.15) is 0 Å². The maximum absolute atomic E-state index is 12.9. The van der Waals surface area contributed by atoms with E-state index in [-0.39, 0.29) is 23.7 Å². The lowest BCUT2D eigenvalue weighted by atomic mass is 9.93. The SMILES string of the molecule is O=C(Nc1ccccn1)C1CCN(C(=O)[C@H]2CCc3ccccc32)CC1. The predicted octanol–water partition coefficient (Wildman–Crippen LogP) is 2.99. The van der Waals surface area contributed by atoms with Crippen LogP contribution in [-0.4, -0.2) is 34.8 Å². The average molecular weight is 349 g/mol. The molecule has 134 valence electrons. The van der Waals surface area contributed by atoms with Crippen LogP contribution >= 0.6 is 0 Å². The van der Waals surface area contributed by atoms with E-state index in [1.54, 1.807) is 12.3 Å². The van der Waals surface area contributed by atoms with E-state index in [1.165, 1.54) is 11.1 Å². The summed E-state index contributed by atoms with van der Waals surface area (Å²) in [7, 11) is 0. The zero-order chi connectivity index (χ0) is 17.9. The van der Waals surface area contributed by atoms with Gasteiger partial charge in [-0.1, -0.05) is 30.3 Å². The number of likely N-dealkylation sites (tertiary alicyclic amines) is 1. The topological polar surface area (TPSA) is 62.3 Å². The molecule has 1 aromatic carbocycles.